The number of amidine groups is 1. The van der Waals surface area contributed by atoms with Gasteiger partial charge < -0.3 is 9.64 Å². The number of likely N-dealkylation sites (N-methyl/N-ethyl adjacent to an activating group) is 1. The van der Waals surface area contributed by atoms with E-state index in [2.05, 4.69) is 0 Å². The third-order valence-electron chi connectivity index (χ3n) is 2.26. The van der Waals surface area contributed by atoms with Crippen LogP contribution < -0.4 is 4.74 Å². The van der Waals surface area contributed by atoms with Crippen LogP contribution in [0.25, 0.3) is 0 Å². The third kappa shape index (κ3) is 3.62. The highest BCUT2D eigenvalue weighted by atomic mass is 16.5. The summed E-state index contributed by atoms with van der Waals surface area (Å²) in [6.07, 6.45) is 0. The van der Waals surface area contributed by atoms with Crippen molar-refractivity contribution in [1.82, 2.24) is 4.90 Å². The molecule has 0 saturated carbocycles. The molecule has 0 aliphatic carbocycles. The topological polar surface area (TPSA) is 36.3 Å². The first-order chi connectivity index (χ1) is 7.27. The van der Waals surface area contributed by atoms with Gasteiger partial charge in [-0.3, -0.25) is 5.41 Å². The summed E-state index contributed by atoms with van der Waals surface area (Å²) < 4.78 is 5.49. The lowest BCUT2D eigenvalue weighted by Gasteiger charge is -2.21. The van der Waals surface area contributed by atoms with Crippen LogP contribution in [-0.4, -0.2) is 30.4 Å². The lowest BCUT2D eigenvalue weighted by atomic mass is 10.3. The minimum atomic E-state index is 0.339. The molecule has 0 aliphatic heterocycles. The Morgan fingerprint density at radius 3 is 2.33 bits per heavy atom. The Kier molecular flexibility index (Phi) is 4.68. The Bertz CT molecular complexity index is 294. The molecule has 0 unspecified atom stereocenters. The van der Waals surface area contributed by atoms with Gasteiger partial charge in [0.05, 0.1) is 0 Å². The summed E-state index contributed by atoms with van der Waals surface area (Å²) in [6, 6.07) is 9.60. The molecule has 0 saturated heterocycles. The molecule has 1 aromatic carbocycles. The van der Waals surface area contributed by atoms with Gasteiger partial charge in [-0.25, -0.2) is 0 Å². The summed E-state index contributed by atoms with van der Waals surface area (Å²) in [4.78, 5) is 1.98. The molecule has 0 bridgehead atoms. The van der Waals surface area contributed by atoms with Gasteiger partial charge in [-0.1, -0.05) is 18.2 Å². The summed E-state index contributed by atoms with van der Waals surface area (Å²) in [7, 11) is 0. The van der Waals surface area contributed by atoms with Gasteiger partial charge in [-0.15, -0.1) is 0 Å². The number of para-hydroxylation sites is 1. The van der Waals surface area contributed by atoms with Crippen LogP contribution in [0.4, 0.5) is 0 Å². The Labute approximate surface area is 91.2 Å². The Hall–Kier alpha value is -1.51. The van der Waals surface area contributed by atoms with Crippen LogP contribution in [-0.2, 0) is 0 Å². The van der Waals surface area contributed by atoms with E-state index in [1.165, 1.54) is 0 Å². The van der Waals surface area contributed by atoms with Crippen LogP contribution in [0.3, 0.4) is 0 Å². The number of hydrogen-bond donors (Lipinski definition) is 1. The molecule has 0 heterocycles. The number of nitrogens with zero attached hydrogens (tertiary/aromatic N) is 1. The fourth-order valence-corrected chi connectivity index (χ4v) is 1.37. The molecule has 0 atom stereocenters. The van der Waals surface area contributed by atoms with E-state index in [-0.39, 0.29) is 0 Å². The van der Waals surface area contributed by atoms with Gasteiger partial charge in [0, 0.05) is 13.1 Å². The molecule has 0 radical (unpaired) electrons. The van der Waals surface area contributed by atoms with Crippen molar-refractivity contribution < 1.29 is 4.74 Å². The zero-order chi connectivity index (χ0) is 11.1. The minimum absolute atomic E-state index is 0.339. The van der Waals surface area contributed by atoms with Gasteiger partial charge in [0.15, 0.2) is 0 Å². The second-order valence-corrected chi connectivity index (χ2v) is 3.22. The van der Waals surface area contributed by atoms with E-state index < -0.39 is 0 Å². The summed E-state index contributed by atoms with van der Waals surface area (Å²) in [6.45, 7) is 6.13. The summed E-state index contributed by atoms with van der Waals surface area (Å²) in [5, 5.41) is 7.80. The van der Waals surface area contributed by atoms with Crippen molar-refractivity contribution >= 4 is 5.84 Å². The van der Waals surface area contributed by atoms with Crippen LogP contribution in [0.5, 0.6) is 5.75 Å². The van der Waals surface area contributed by atoms with Crippen LogP contribution in [0, 0.1) is 5.41 Å². The van der Waals surface area contributed by atoms with Gasteiger partial charge in [0.1, 0.15) is 18.2 Å². The maximum Gasteiger partial charge on any atom is 0.145 e. The summed E-state index contributed by atoms with van der Waals surface area (Å²) in [5.74, 6) is 1.35. The maximum absolute atomic E-state index is 7.80. The lowest BCUT2D eigenvalue weighted by Crippen LogP contribution is -2.33. The molecule has 15 heavy (non-hydrogen) atoms. The van der Waals surface area contributed by atoms with Gasteiger partial charge in [-0.05, 0) is 26.0 Å². The van der Waals surface area contributed by atoms with E-state index in [0.717, 1.165) is 18.8 Å². The molecule has 82 valence electrons. The molecule has 1 N–H and O–H groups in total. The average Bonchev–Trinajstić information content (AvgIpc) is 2.29. The van der Waals surface area contributed by atoms with Crippen molar-refractivity contribution in [2.45, 2.75) is 13.8 Å². The van der Waals surface area contributed by atoms with Crippen LogP contribution in [0.15, 0.2) is 30.3 Å². The normalized spacial score (nSPS) is 9.73. The van der Waals surface area contributed by atoms with Crippen molar-refractivity contribution in [1.29, 1.82) is 5.41 Å². The largest absolute Gasteiger partial charge is 0.486 e. The van der Waals surface area contributed by atoms with Crippen molar-refractivity contribution in [2.75, 3.05) is 19.7 Å². The zero-order valence-corrected chi connectivity index (χ0v) is 9.36. The van der Waals surface area contributed by atoms with E-state index in [0.29, 0.717) is 12.4 Å². The fraction of sp³-hybridized carbons (Fsp3) is 0.417. The molecule has 1 aromatic rings. The van der Waals surface area contributed by atoms with E-state index >= 15 is 0 Å². The SMILES string of the molecule is CCN(CC)C(=N)COc1ccccc1. The van der Waals surface area contributed by atoms with Gasteiger partial charge in [0.25, 0.3) is 0 Å². The van der Waals surface area contributed by atoms with Gasteiger partial charge in [-0.2, -0.15) is 0 Å². The molecule has 1 rings (SSSR count). The number of benzene rings is 1. The van der Waals surface area contributed by atoms with Crippen molar-refractivity contribution in [3.05, 3.63) is 30.3 Å². The first-order valence-electron chi connectivity index (χ1n) is 5.28. The molecule has 0 amide bonds. The molecular weight excluding hydrogens is 188 g/mol. The Morgan fingerprint density at radius 1 is 1.20 bits per heavy atom. The monoisotopic (exact) mass is 206 g/mol. The standard InChI is InChI=1S/C12H18N2O/c1-3-14(4-2)12(13)10-15-11-8-6-5-7-9-11/h5-9,13H,3-4,10H2,1-2H3. The summed E-state index contributed by atoms with van der Waals surface area (Å²) >= 11 is 0. The quantitative estimate of drug-likeness (QED) is 0.593. The molecule has 0 spiro atoms. The predicted molar refractivity (Wildman–Crippen MR) is 62.6 cm³/mol. The minimum Gasteiger partial charge on any atom is -0.486 e. The average molecular weight is 206 g/mol. The molecule has 0 aromatic heterocycles. The summed E-state index contributed by atoms with van der Waals surface area (Å²) in [5.41, 5.74) is 0. The highest BCUT2D eigenvalue weighted by Crippen LogP contribution is 2.08. The van der Waals surface area contributed by atoms with Crippen LogP contribution >= 0.6 is 0 Å². The van der Waals surface area contributed by atoms with Crippen molar-refractivity contribution in [3.63, 3.8) is 0 Å². The zero-order valence-electron chi connectivity index (χ0n) is 9.36. The van der Waals surface area contributed by atoms with E-state index in [1.807, 2.05) is 49.1 Å². The number of rotatable bonds is 5. The highest BCUT2D eigenvalue weighted by Gasteiger charge is 2.05. The second kappa shape index (κ2) is 6.06. The second-order valence-electron chi connectivity index (χ2n) is 3.22. The predicted octanol–water partition coefficient (Wildman–Crippen LogP) is 2.38. The number of nitrogens with one attached hydrogen (secondary N) is 1. The fourth-order valence-electron chi connectivity index (χ4n) is 1.37. The van der Waals surface area contributed by atoms with Crippen LogP contribution in [0.2, 0.25) is 0 Å². The molecule has 0 fully saturated rings. The lowest BCUT2D eigenvalue weighted by molar-refractivity contribution is 0.341. The van der Waals surface area contributed by atoms with Crippen LogP contribution in [0.1, 0.15) is 13.8 Å². The van der Waals surface area contributed by atoms with Gasteiger partial charge in [0.2, 0.25) is 0 Å². The Balaban J connectivity index is 2.40. The molecule has 3 heteroatoms. The van der Waals surface area contributed by atoms with E-state index in [9.17, 15) is 0 Å². The highest BCUT2D eigenvalue weighted by molar-refractivity contribution is 5.80. The number of ether oxygens (including phenoxy) is 1. The molecule has 3 nitrogen and oxygen atoms in total. The first kappa shape index (κ1) is 11.6. The van der Waals surface area contributed by atoms with Gasteiger partial charge >= 0.3 is 0 Å². The Morgan fingerprint density at radius 2 is 1.80 bits per heavy atom. The molecular formula is C12H18N2O. The van der Waals surface area contributed by atoms with E-state index in [1.54, 1.807) is 0 Å². The van der Waals surface area contributed by atoms with Crippen molar-refractivity contribution in [2.24, 2.45) is 0 Å². The third-order valence-corrected chi connectivity index (χ3v) is 2.26. The maximum atomic E-state index is 7.80. The van der Waals surface area contributed by atoms with Crippen molar-refractivity contribution in [3.8, 4) is 5.75 Å². The molecule has 0 aliphatic rings. The number of hydrogen-bond acceptors (Lipinski definition) is 2. The smallest absolute Gasteiger partial charge is 0.145 e. The first-order valence-corrected chi connectivity index (χ1v) is 5.28. The van der Waals surface area contributed by atoms with E-state index in [4.69, 9.17) is 10.1 Å².